The molecule has 7 nitrogen and oxygen atoms in total. The van der Waals surface area contributed by atoms with Gasteiger partial charge in [-0.3, -0.25) is 4.79 Å². The third-order valence-corrected chi connectivity index (χ3v) is 7.65. The van der Waals surface area contributed by atoms with Crippen molar-refractivity contribution in [3.8, 4) is 11.5 Å². The normalized spacial score (nSPS) is 24.7. The second-order valence-corrected chi connectivity index (χ2v) is 10.8. The molecule has 0 aromatic heterocycles. The smallest absolute Gasteiger partial charge is 0.234 e. The van der Waals surface area contributed by atoms with Crippen LogP contribution in [0.3, 0.4) is 0 Å². The number of benzene rings is 2. The van der Waals surface area contributed by atoms with Crippen LogP contribution in [-0.2, 0) is 4.79 Å². The average Bonchev–Trinajstić information content (AvgIpc) is 3.04. The zero-order chi connectivity index (χ0) is 24.7. The van der Waals surface area contributed by atoms with Crippen LogP contribution >= 0.6 is 0 Å². The summed E-state index contributed by atoms with van der Waals surface area (Å²) in [7, 11) is 0. The number of rotatable bonds is 5. The summed E-state index contributed by atoms with van der Waals surface area (Å²) in [6.45, 7) is 8.29. The number of aliphatic hydroxyl groups is 1. The fraction of sp³-hybridized carbons (Fsp3) is 0.500. The molecule has 2 aromatic rings. The number of guanidine groups is 1. The van der Waals surface area contributed by atoms with Crippen LogP contribution in [0.5, 0.6) is 11.5 Å². The van der Waals surface area contributed by atoms with E-state index in [1.807, 2.05) is 65.3 Å². The van der Waals surface area contributed by atoms with Crippen LogP contribution in [0.25, 0.3) is 0 Å². The summed E-state index contributed by atoms with van der Waals surface area (Å²) < 4.78 is 6.07. The Kier molecular flexibility index (Phi) is 6.21. The molecule has 1 fully saturated rings. The van der Waals surface area contributed by atoms with Crippen molar-refractivity contribution in [3.63, 3.8) is 0 Å². The van der Waals surface area contributed by atoms with Gasteiger partial charge in [-0.25, -0.2) is 4.99 Å². The second-order valence-electron chi connectivity index (χ2n) is 10.8. The number of ether oxygens (including phenoxy) is 1. The summed E-state index contributed by atoms with van der Waals surface area (Å²) >= 11 is 0. The van der Waals surface area contributed by atoms with Crippen molar-refractivity contribution >= 4 is 11.9 Å². The number of carbonyl (C=O) groups is 1. The molecule has 1 amide bonds. The number of likely N-dealkylation sites (tertiary alicyclic amines) is 1. The van der Waals surface area contributed by atoms with Gasteiger partial charge in [-0.05, 0) is 50.2 Å². The molecule has 5 rings (SSSR count). The number of hydrogen-bond donors (Lipinski definition) is 2. The first-order valence-electron chi connectivity index (χ1n) is 12.7. The fourth-order valence-electron chi connectivity index (χ4n) is 5.99. The van der Waals surface area contributed by atoms with Crippen molar-refractivity contribution in [2.75, 3.05) is 19.6 Å². The maximum atomic E-state index is 13.8. The molecule has 0 saturated carbocycles. The Morgan fingerprint density at radius 1 is 1.11 bits per heavy atom. The Labute approximate surface area is 207 Å². The van der Waals surface area contributed by atoms with Crippen LogP contribution in [0.1, 0.15) is 57.1 Å². The molecule has 186 valence electrons. The van der Waals surface area contributed by atoms with Crippen molar-refractivity contribution < 1.29 is 14.6 Å². The topological polar surface area (TPSA) is 91.4 Å². The van der Waals surface area contributed by atoms with Gasteiger partial charge in [0, 0.05) is 30.8 Å². The Bertz CT molecular complexity index is 1080. The van der Waals surface area contributed by atoms with Gasteiger partial charge in [0.25, 0.3) is 0 Å². The number of carbonyl (C=O) groups excluding carboxylic acids is 1. The SMILES string of the molecule is CC(C)CC1(C)N=C(N)N(CC2CCN(C(=O)C3c4ccccc4Oc4ccccc43)CC2)C1O. The van der Waals surface area contributed by atoms with Crippen LogP contribution in [0.4, 0.5) is 0 Å². The standard InChI is InChI=1S/C28H36N4O3/c1-18(2)16-28(3)26(34)32(27(29)30-28)17-19-12-14-31(15-13-19)25(33)24-20-8-4-6-10-22(20)35-23-11-7-5-9-21(23)24/h4-11,18-19,24,26,34H,12-17H2,1-3H3,(H2,29,30). The summed E-state index contributed by atoms with van der Waals surface area (Å²) in [5.74, 6) is 2.46. The number of aliphatic imine (C=N–C) groups is 1. The van der Waals surface area contributed by atoms with Crippen molar-refractivity contribution in [3.05, 3.63) is 59.7 Å². The number of nitrogens with zero attached hydrogens (tertiary/aromatic N) is 3. The van der Waals surface area contributed by atoms with Gasteiger partial charge in [0.1, 0.15) is 17.0 Å². The van der Waals surface area contributed by atoms with Crippen molar-refractivity contribution in [1.29, 1.82) is 0 Å². The number of aliphatic hydroxyl groups excluding tert-OH is 1. The van der Waals surface area contributed by atoms with Crippen molar-refractivity contribution in [2.45, 2.75) is 57.7 Å². The van der Waals surface area contributed by atoms with E-state index in [2.05, 4.69) is 18.8 Å². The van der Waals surface area contributed by atoms with Crippen LogP contribution in [0.2, 0.25) is 0 Å². The van der Waals surface area contributed by atoms with Gasteiger partial charge in [0.15, 0.2) is 12.2 Å². The van der Waals surface area contributed by atoms with E-state index < -0.39 is 11.8 Å². The molecule has 0 radical (unpaired) electrons. The fourth-order valence-corrected chi connectivity index (χ4v) is 5.99. The summed E-state index contributed by atoms with van der Waals surface area (Å²) in [5.41, 5.74) is 7.52. The number of para-hydroxylation sites is 2. The number of fused-ring (bicyclic) bond motifs is 2. The van der Waals surface area contributed by atoms with E-state index in [4.69, 9.17) is 10.5 Å². The first-order chi connectivity index (χ1) is 16.8. The average molecular weight is 477 g/mol. The number of nitrogens with two attached hydrogens (primary N) is 1. The highest BCUT2D eigenvalue weighted by molar-refractivity contribution is 5.89. The molecule has 0 aliphatic carbocycles. The maximum Gasteiger partial charge on any atom is 0.234 e. The predicted octanol–water partition coefficient (Wildman–Crippen LogP) is 3.92. The molecule has 2 atom stereocenters. The van der Waals surface area contributed by atoms with E-state index in [0.29, 0.717) is 37.4 Å². The summed E-state index contributed by atoms with van der Waals surface area (Å²) in [6.07, 6.45) is 1.82. The highest BCUT2D eigenvalue weighted by atomic mass is 16.5. The lowest BCUT2D eigenvalue weighted by Gasteiger charge is -2.38. The largest absolute Gasteiger partial charge is 0.457 e. The zero-order valence-corrected chi connectivity index (χ0v) is 20.9. The van der Waals surface area contributed by atoms with Gasteiger partial charge >= 0.3 is 0 Å². The molecule has 7 heteroatoms. The predicted molar refractivity (Wildman–Crippen MR) is 136 cm³/mol. The van der Waals surface area contributed by atoms with Gasteiger partial charge in [-0.15, -0.1) is 0 Å². The number of amides is 1. The van der Waals surface area contributed by atoms with Gasteiger partial charge < -0.3 is 25.4 Å². The van der Waals surface area contributed by atoms with Gasteiger partial charge in [0.2, 0.25) is 5.91 Å². The van der Waals surface area contributed by atoms with Crippen LogP contribution in [-0.4, -0.2) is 58.2 Å². The molecule has 2 unspecified atom stereocenters. The van der Waals surface area contributed by atoms with E-state index >= 15 is 0 Å². The zero-order valence-electron chi connectivity index (χ0n) is 20.9. The lowest BCUT2D eigenvalue weighted by atomic mass is 9.85. The minimum Gasteiger partial charge on any atom is -0.457 e. The van der Waals surface area contributed by atoms with E-state index in [1.165, 1.54) is 0 Å². The molecule has 3 aliphatic rings. The molecular formula is C28H36N4O3. The highest BCUT2D eigenvalue weighted by Crippen LogP contribution is 2.45. The Morgan fingerprint density at radius 3 is 2.26 bits per heavy atom. The third kappa shape index (κ3) is 4.38. The van der Waals surface area contributed by atoms with E-state index in [1.54, 1.807) is 0 Å². The Balaban J connectivity index is 1.26. The number of piperidine rings is 1. The van der Waals surface area contributed by atoms with Crippen molar-refractivity contribution in [2.24, 2.45) is 22.6 Å². The molecule has 0 bridgehead atoms. The monoisotopic (exact) mass is 476 g/mol. The molecule has 3 heterocycles. The van der Waals surface area contributed by atoms with Gasteiger partial charge in [0.05, 0.1) is 5.92 Å². The molecule has 1 saturated heterocycles. The Hall–Kier alpha value is -3.06. The summed E-state index contributed by atoms with van der Waals surface area (Å²) in [4.78, 5) is 22.3. The van der Waals surface area contributed by atoms with Crippen molar-refractivity contribution in [1.82, 2.24) is 9.80 Å². The number of hydrogen-bond acceptors (Lipinski definition) is 6. The maximum absolute atomic E-state index is 13.8. The summed E-state index contributed by atoms with van der Waals surface area (Å²) in [5, 5.41) is 11.0. The first-order valence-corrected chi connectivity index (χ1v) is 12.7. The molecule has 2 aromatic carbocycles. The van der Waals surface area contributed by atoms with Crippen LogP contribution in [0, 0.1) is 11.8 Å². The Morgan fingerprint density at radius 2 is 1.69 bits per heavy atom. The summed E-state index contributed by atoms with van der Waals surface area (Å²) in [6, 6.07) is 15.6. The minimum atomic E-state index is -0.709. The minimum absolute atomic E-state index is 0.124. The van der Waals surface area contributed by atoms with E-state index in [9.17, 15) is 9.90 Å². The molecule has 0 spiro atoms. The van der Waals surface area contributed by atoms with Gasteiger partial charge in [-0.1, -0.05) is 50.2 Å². The highest BCUT2D eigenvalue weighted by Gasteiger charge is 2.45. The van der Waals surface area contributed by atoms with Crippen LogP contribution < -0.4 is 10.5 Å². The second kappa shape index (κ2) is 9.19. The lowest BCUT2D eigenvalue weighted by Crippen LogP contribution is -2.51. The molecule has 35 heavy (non-hydrogen) atoms. The van der Waals surface area contributed by atoms with Gasteiger partial charge in [-0.2, -0.15) is 0 Å². The third-order valence-electron chi connectivity index (χ3n) is 7.65. The molecular weight excluding hydrogens is 440 g/mol. The lowest BCUT2D eigenvalue weighted by molar-refractivity contribution is -0.133. The quantitative estimate of drug-likeness (QED) is 0.683. The molecule has 3 N–H and O–H groups in total. The van der Waals surface area contributed by atoms with E-state index in [0.717, 1.165) is 41.9 Å². The first kappa shape index (κ1) is 23.7. The van der Waals surface area contributed by atoms with E-state index in [-0.39, 0.29) is 11.8 Å². The molecule has 3 aliphatic heterocycles. The van der Waals surface area contributed by atoms with Crippen LogP contribution in [0.15, 0.2) is 53.5 Å².